The van der Waals surface area contributed by atoms with E-state index in [9.17, 15) is 4.79 Å². The number of amides is 1. The number of hydrogen-bond acceptors (Lipinski definition) is 4. The molecule has 0 spiro atoms. The van der Waals surface area contributed by atoms with Crippen molar-refractivity contribution in [1.29, 1.82) is 0 Å². The number of hydrogen-bond donors (Lipinski definition) is 1. The molecule has 1 N–H and O–H groups in total. The molecule has 3 aromatic rings. The molecule has 2 aromatic heterocycles. The second-order valence-corrected chi connectivity index (χ2v) is 7.81. The van der Waals surface area contributed by atoms with Crippen molar-refractivity contribution in [3.05, 3.63) is 71.2 Å². The molecule has 29 heavy (non-hydrogen) atoms. The number of nitrogens with one attached hydrogen (secondary N) is 1. The molecule has 0 atom stereocenters. The van der Waals surface area contributed by atoms with Crippen LogP contribution in [0.1, 0.15) is 40.2 Å². The summed E-state index contributed by atoms with van der Waals surface area (Å²) in [5.41, 5.74) is 4.87. The molecule has 1 fully saturated rings. The van der Waals surface area contributed by atoms with E-state index in [1.54, 1.807) is 0 Å². The molecule has 1 saturated heterocycles. The summed E-state index contributed by atoms with van der Waals surface area (Å²) >= 11 is 0. The first-order valence-corrected chi connectivity index (χ1v) is 10.1. The van der Waals surface area contributed by atoms with Crippen molar-refractivity contribution in [1.82, 2.24) is 20.1 Å². The Morgan fingerprint density at radius 1 is 1.03 bits per heavy atom. The molecule has 0 aliphatic carbocycles. The fourth-order valence-corrected chi connectivity index (χ4v) is 3.81. The average molecular weight is 390 g/mol. The van der Waals surface area contributed by atoms with Crippen LogP contribution < -0.4 is 10.2 Å². The number of carbonyl (C=O) groups excluding carboxylic acids is 1. The van der Waals surface area contributed by atoms with Gasteiger partial charge in [-0.3, -0.25) is 4.79 Å². The lowest BCUT2D eigenvalue weighted by Crippen LogP contribution is -2.45. The van der Waals surface area contributed by atoms with Gasteiger partial charge in [-0.2, -0.15) is 5.10 Å². The van der Waals surface area contributed by atoms with Gasteiger partial charge in [0.25, 0.3) is 5.91 Å². The van der Waals surface area contributed by atoms with Crippen LogP contribution in [-0.4, -0.2) is 39.8 Å². The number of aryl methyl sites for hydroxylation is 3. The maximum atomic E-state index is 12.7. The number of rotatable bonds is 4. The van der Waals surface area contributed by atoms with E-state index in [1.165, 1.54) is 5.56 Å². The Balaban J connectivity index is 1.34. The topological polar surface area (TPSA) is 63.1 Å². The predicted molar refractivity (Wildman–Crippen MR) is 115 cm³/mol. The normalized spacial score (nSPS) is 14.8. The Hall–Kier alpha value is -3.15. The van der Waals surface area contributed by atoms with E-state index < -0.39 is 0 Å². The van der Waals surface area contributed by atoms with Gasteiger partial charge in [-0.1, -0.05) is 6.07 Å². The smallest absolute Gasteiger partial charge is 0.251 e. The molecular weight excluding hydrogens is 362 g/mol. The van der Waals surface area contributed by atoms with Gasteiger partial charge in [0.05, 0.1) is 11.4 Å². The highest BCUT2D eigenvalue weighted by molar-refractivity contribution is 5.94. The van der Waals surface area contributed by atoms with Crippen LogP contribution in [0.15, 0.2) is 48.7 Å². The summed E-state index contributed by atoms with van der Waals surface area (Å²) in [4.78, 5) is 19.5. The van der Waals surface area contributed by atoms with Crippen LogP contribution in [0.5, 0.6) is 0 Å². The minimum absolute atomic E-state index is 0.0168. The molecule has 1 aliphatic rings. The Morgan fingerprint density at radius 2 is 1.76 bits per heavy atom. The van der Waals surface area contributed by atoms with Crippen LogP contribution >= 0.6 is 0 Å². The molecule has 150 valence electrons. The monoisotopic (exact) mass is 389 g/mol. The van der Waals surface area contributed by atoms with Crippen molar-refractivity contribution >= 4 is 11.7 Å². The van der Waals surface area contributed by atoms with E-state index in [1.807, 2.05) is 62.0 Å². The van der Waals surface area contributed by atoms with Gasteiger partial charge in [0.1, 0.15) is 5.82 Å². The molecule has 1 aliphatic heterocycles. The Morgan fingerprint density at radius 3 is 2.34 bits per heavy atom. The van der Waals surface area contributed by atoms with Crippen molar-refractivity contribution in [3.63, 3.8) is 0 Å². The minimum atomic E-state index is -0.0168. The Bertz CT molecular complexity index is 983. The second kappa shape index (κ2) is 8.07. The van der Waals surface area contributed by atoms with Crippen molar-refractivity contribution in [2.75, 3.05) is 18.0 Å². The first kappa shape index (κ1) is 19.2. The van der Waals surface area contributed by atoms with Crippen molar-refractivity contribution in [2.45, 2.75) is 39.7 Å². The molecule has 4 rings (SSSR count). The quantitative estimate of drug-likeness (QED) is 0.741. The number of nitrogens with zero attached hydrogens (tertiary/aromatic N) is 4. The number of carbonyl (C=O) groups is 1. The molecular formula is C23H27N5O. The first-order valence-electron chi connectivity index (χ1n) is 10.1. The number of aromatic nitrogens is 3. The molecule has 1 amide bonds. The van der Waals surface area contributed by atoms with Crippen LogP contribution in [0.3, 0.4) is 0 Å². The van der Waals surface area contributed by atoms with E-state index in [0.717, 1.165) is 48.8 Å². The third-order valence-corrected chi connectivity index (χ3v) is 5.43. The highest BCUT2D eigenvalue weighted by Crippen LogP contribution is 2.19. The molecule has 3 heterocycles. The second-order valence-electron chi connectivity index (χ2n) is 7.81. The predicted octanol–water partition coefficient (Wildman–Crippen LogP) is 3.59. The van der Waals surface area contributed by atoms with Crippen molar-refractivity contribution in [3.8, 4) is 5.69 Å². The van der Waals surface area contributed by atoms with Crippen LogP contribution in [-0.2, 0) is 0 Å². The molecule has 0 bridgehead atoms. The van der Waals surface area contributed by atoms with Crippen LogP contribution in [0, 0.1) is 20.8 Å². The van der Waals surface area contributed by atoms with E-state index in [2.05, 4.69) is 32.4 Å². The molecule has 0 saturated carbocycles. The zero-order chi connectivity index (χ0) is 20.4. The van der Waals surface area contributed by atoms with E-state index in [0.29, 0.717) is 5.56 Å². The van der Waals surface area contributed by atoms with Gasteiger partial charge in [0, 0.05) is 36.6 Å². The molecule has 0 radical (unpaired) electrons. The number of benzene rings is 1. The Kier molecular flexibility index (Phi) is 5.34. The fourth-order valence-electron chi connectivity index (χ4n) is 3.81. The largest absolute Gasteiger partial charge is 0.356 e. The van der Waals surface area contributed by atoms with E-state index in [-0.39, 0.29) is 11.9 Å². The summed E-state index contributed by atoms with van der Waals surface area (Å²) < 4.78 is 1.89. The van der Waals surface area contributed by atoms with Gasteiger partial charge in [-0.15, -0.1) is 0 Å². The average Bonchev–Trinajstić information content (AvgIpc) is 3.07. The Labute approximate surface area is 171 Å². The lowest BCUT2D eigenvalue weighted by atomic mass is 10.0. The molecule has 6 nitrogen and oxygen atoms in total. The van der Waals surface area contributed by atoms with Gasteiger partial charge in [0.15, 0.2) is 0 Å². The maximum absolute atomic E-state index is 12.7. The highest BCUT2D eigenvalue weighted by atomic mass is 16.1. The molecule has 1 aromatic carbocycles. The van der Waals surface area contributed by atoms with Crippen LogP contribution in [0.25, 0.3) is 5.69 Å². The van der Waals surface area contributed by atoms with Crippen LogP contribution in [0.2, 0.25) is 0 Å². The van der Waals surface area contributed by atoms with Gasteiger partial charge in [-0.25, -0.2) is 9.67 Å². The third-order valence-electron chi connectivity index (χ3n) is 5.43. The van der Waals surface area contributed by atoms with Gasteiger partial charge >= 0.3 is 0 Å². The lowest BCUT2D eigenvalue weighted by Gasteiger charge is -2.33. The summed E-state index contributed by atoms with van der Waals surface area (Å²) in [5, 5.41) is 7.67. The zero-order valence-electron chi connectivity index (χ0n) is 17.2. The number of piperidine rings is 1. The highest BCUT2D eigenvalue weighted by Gasteiger charge is 2.22. The summed E-state index contributed by atoms with van der Waals surface area (Å²) in [6.45, 7) is 7.85. The van der Waals surface area contributed by atoms with Crippen molar-refractivity contribution in [2.24, 2.45) is 0 Å². The minimum Gasteiger partial charge on any atom is -0.356 e. The number of pyridine rings is 1. The molecule has 6 heteroatoms. The fraction of sp³-hybridized carbons (Fsp3) is 0.348. The maximum Gasteiger partial charge on any atom is 0.251 e. The van der Waals surface area contributed by atoms with Gasteiger partial charge in [0.2, 0.25) is 0 Å². The first-order chi connectivity index (χ1) is 14.0. The molecule has 0 unspecified atom stereocenters. The van der Waals surface area contributed by atoms with Gasteiger partial charge in [-0.05, 0) is 75.6 Å². The van der Waals surface area contributed by atoms with Crippen LogP contribution in [0.4, 0.5) is 5.82 Å². The SMILES string of the molecule is Cc1ccc(N2CCC(NC(=O)c3ccc(-n4nc(C)cc4C)cc3)CC2)nc1. The van der Waals surface area contributed by atoms with E-state index in [4.69, 9.17) is 0 Å². The zero-order valence-corrected chi connectivity index (χ0v) is 17.2. The standard InChI is InChI=1S/C23H27N5O/c1-16-4-9-22(24-15-16)27-12-10-20(11-13-27)25-23(29)19-5-7-21(8-6-19)28-18(3)14-17(2)26-28/h4-9,14-15,20H,10-13H2,1-3H3,(H,25,29). The lowest BCUT2D eigenvalue weighted by molar-refractivity contribution is 0.0931. The number of anilines is 1. The summed E-state index contributed by atoms with van der Waals surface area (Å²) in [7, 11) is 0. The van der Waals surface area contributed by atoms with Crippen molar-refractivity contribution < 1.29 is 4.79 Å². The summed E-state index contributed by atoms with van der Waals surface area (Å²) in [6.07, 6.45) is 3.75. The third kappa shape index (κ3) is 4.31. The van der Waals surface area contributed by atoms with Gasteiger partial charge < -0.3 is 10.2 Å². The summed E-state index contributed by atoms with van der Waals surface area (Å²) in [6, 6.07) is 14.0. The summed E-state index contributed by atoms with van der Waals surface area (Å²) in [5.74, 6) is 0.997. The van der Waals surface area contributed by atoms with E-state index >= 15 is 0 Å².